The number of rotatable bonds is 7. The summed E-state index contributed by atoms with van der Waals surface area (Å²) in [6.07, 6.45) is 3.47. The molecule has 7 heteroatoms. The van der Waals surface area contributed by atoms with Gasteiger partial charge in [-0.05, 0) is 22.4 Å². The topological polar surface area (TPSA) is 79.2 Å². The first-order valence-corrected chi connectivity index (χ1v) is 6.87. The molecular weight excluding hydrogens is 264 g/mol. The second-order valence-corrected chi connectivity index (χ2v) is 4.77. The standard InChI is InChI=1S/C12H16N4O2S/c17-3-2-13-12(18)8-16-7-11(6-15-16)14-5-10-1-4-19-9-10/h1,4,6-7,9,14,17H,2-3,5,8H2,(H,13,18). The fourth-order valence-corrected chi connectivity index (χ4v) is 2.21. The molecule has 0 saturated carbocycles. The van der Waals surface area contributed by atoms with Gasteiger partial charge in [0.25, 0.3) is 0 Å². The lowest BCUT2D eigenvalue weighted by molar-refractivity contribution is -0.122. The van der Waals surface area contributed by atoms with Crippen LogP contribution in [0.15, 0.2) is 29.2 Å². The summed E-state index contributed by atoms with van der Waals surface area (Å²) in [5, 5.41) is 22.6. The Morgan fingerprint density at radius 2 is 2.42 bits per heavy atom. The van der Waals surface area contributed by atoms with Gasteiger partial charge in [-0.2, -0.15) is 16.4 Å². The van der Waals surface area contributed by atoms with E-state index in [1.165, 1.54) is 5.56 Å². The monoisotopic (exact) mass is 280 g/mol. The Balaban J connectivity index is 1.80. The van der Waals surface area contributed by atoms with E-state index in [-0.39, 0.29) is 25.6 Å². The molecule has 0 unspecified atom stereocenters. The van der Waals surface area contributed by atoms with Crippen LogP contribution in [0, 0.1) is 0 Å². The molecule has 6 nitrogen and oxygen atoms in total. The Hall–Kier alpha value is -1.86. The fourth-order valence-electron chi connectivity index (χ4n) is 1.54. The Bertz CT molecular complexity index is 510. The van der Waals surface area contributed by atoms with Gasteiger partial charge in [-0.25, -0.2) is 0 Å². The van der Waals surface area contributed by atoms with Crippen LogP contribution in [-0.4, -0.2) is 33.9 Å². The molecular formula is C12H16N4O2S. The summed E-state index contributed by atoms with van der Waals surface area (Å²) >= 11 is 1.66. The number of amides is 1. The van der Waals surface area contributed by atoms with Gasteiger partial charge in [0.15, 0.2) is 0 Å². The van der Waals surface area contributed by atoms with Gasteiger partial charge >= 0.3 is 0 Å². The smallest absolute Gasteiger partial charge is 0.241 e. The third-order valence-corrected chi connectivity index (χ3v) is 3.18. The average molecular weight is 280 g/mol. The third-order valence-electron chi connectivity index (χ3n) is 2.45. The highest BCUT2D eigenvalue weighted by Gasteiger charge is 2.04. The number of aliphatic hydroxyl groups is 1. The van der Waals surface area contributed by atoms with Gasteiger partial charge in [0.2, 0.25) is 5.91 Å². The van der Waals surface area contributed by atoms with Crippen molar-refractivity contribution in [2.45, 2.75) is 13.1 Å². The summed E-state index contributed by atoms with van der Waals surface area (Å²) in [6.45, 7) is 1.10. The molecule has 0 saturated heterocycles. The van der Waals surface area contributed by atoms with Crippen LogP contribution in [0.4, 0.5) is 5.69 Å². The van der Waals surface area contributed by atoms with Crippen molar-refractivity contribution in [2.24, 2.45) is 0 Å². The predicted molar refractivity (Wildman–Crippen MR) is 74.0 cm³/mol. The number of nitrogens with one attached hydrogen (secondary N) is 2. The van der Waals surface area contributed by atoms with E-state index in [2.05, 4.69) is 27.2 Å². The van der Waals surface area contributed by atoms with Gasteiger partial charge in [0.05, 0.1) is 18.5 Å². The molecule has 19 heavy (non-hydrogen) atoms. The van der Waals surface area contributed by atoms with Crippen molar-refractivity contribution in [3.05, 3.63) is 34.8 Å². The molecule has 0 fully saturated rings. The number of hydrogen-bond donors (Lipinski definition) is 3. The lowest BCUT2D eigenvalue weighted by atomic mass is 10.3. The minimum absolute atomic E-state index is 0.0572. The molecule has 0 radical (unpaired) electrons. The number of carbonyl (C=O) groups excluding carboxylic acids is 1. The van der Waals surface area contributed by atoms with Crippen molar-refractivity contribution >= 4 is 22.9 Å². The van der Waals surface area contributed by atoms with Crippen molar-refractivity contribution in [3.8, 4) is 0 Å². The Kier molecular flexibility index (Phi) is 4.93. The summed E-state index contributed by atoms with van der Waals surface area (Å²) in [5.74, 6) is -0.165. The SMILES string of the molecule is O=C(Cn1cc(NCc2ccsc2)cn1)NCCO. The fraction of sp³-hybridized carbons (Fsp3) is 0.333. The van der Waals surface area contributed by atoms with Crippen LogP contribution in [0.25, 0.3) is 0 Å². The lowest BCUT2D eigenvalue weighted by Gasteiger charge is -2.03. The maximum Gasteiger partial charge on any atom is 0.241 e. The molecule has 3 N–H and O–H groups in total. The Morgan fingerprint density at radius 3 is 3.16 bits per heavy atom. The van der Waals surface area contributed by atoms with Gasteiger partial charge in [-0.15, -0.1) is 0 Å². The number of carbonyl (C=O) groups is 1. The van der Waals surface area contributed by atoms with Gasteiger partial charge in [0, 0.05) is 19.3 Å². The summed E-state index contributed by atoms with van der Waals surface area (Å²) < 4.78 is 1.56. The zero-order valence-corrected chi connectivity index (χ0v) is 11.2. The molecule has 0 aliphatic heterocycles. The number of nitrogens with zero attached hydrogens (tertiary/aromatic N) is 2. The lowest BCUT2D eigenvalue weighted by Crippen LogP contribution is -2.30. The zero-order chi connectivity index (χ0) is 13.5. The van der Waals surface area contributed by atoms with E-state index in [9.17, 15) is 4.79 Å². The van der Waals surface area contributed by atoms with E-state index >= 15 is 0 Å². The normalized spacial score (nSPS) is 10.4. The molecule has 0 aromatic carbocycles. The summed E-state index contributed by atoms with van der Waals surface area (Å²) in [6, 6.07) is 2.06. The van der Waals surface area contributed by atoms with Crippen molar-refractivity contribution in [3.63, 3.8) is 0 Å². The quantitative estimate of drug-likeness (QED) is 0.696. The van der Waals surface area contributed by atoms with E-state index in [0.717, 1.165) is 12.2 Å². The second kappa shape index (κ2) is 6.91. The molecule has 0 atom stereocenters. The van der Waals surface area contributed by atoms with E-state index in [0.29, 0.717) is 0 Å². The highest BCUT2D eigenvalue weighted by Crippen LogP contribution is 2.10. The van der Waals surface area contributed by atoms with Gasteiger partial charge < -0.3 is 15.7 Å². The first-order chi connectivity index (χ1) is 9.28. The molecule has 0 bridgehead atoms. The van der Waals surface area contributed by atoms with E-state index in [1.807, 2.05) is 5.38 Å². The highest BCUT2D eigenvalue weighted by atomic mass is 32.1. The molecule has 0 aliphatic carbocycles. The maximum absolute atomic E-state index is 11.4. The molecule has 1 amide bonds. The van der Waals surface area contributed by atoms with Crippen LogP contribution >= 0.6 is 11.3 Å². The van der Waals surface area contributed by atoms with Crippen LogP contribution in [-0.2, 0) is 17.9 Å². The van der Waals surface area contributed by atoms with Crippen molar-refractivity contribution in [1.29, 1.82) is 0 Å². The van der Waals surface area contributed by atoms with E-state index < -0.39 is 0 Å². The number of thiophene rings is 1. The van der Waals surface area contributed by atoms with Crippen LogP contribution in [0.3, 0.4) is 0 Å². The van der Waals surface area contributed by atoms with E-state index in [1.54, 1.807) is 28.4 Å². The van der Waals surface area contributed by atoms with Crippen molar-refractivity contribution in [2.75, 3.05) is 18.5 Å². The summed E-state index contributed by atoms with van der Waals surface area (Å²) in [7, 11) is 0. The van der Waals surface area contributed by atoms with Gasteiger partial charge in [0.1, 0.15) is 6.54 Å². The molecule has 2 heterocycles. The summed E-state index contributed by atoms with van der Waals surface area (Å²) in [4.78, 5) is 11.4. The molecule has 102 valence electrons. The molecule has 0 spiro atoms. The number of aliphatic hydroxyl groups excluding tert-OH is 1. The number of hydrogen-bond acceptors (Lipinski definition) is 5. The minimum atomic E-state index is -0.165. The Morgan fingerprint density at radius 1 is 1.53 bits per heavy atom. The molecule has 0 aliphatic rings. The first-order valence-electron chi connectivity index (χ1n) is 5.93. The second-order valence-electron chi connectivity index (χ2n) is 3.99. The van der Waals surface area contributed by atoms with Crippen LogP contribution in [0.1, 0.15) is 5.56 Å². The first kappa shape index (κ1) is 13.6. The minimum Gasteiger partial charge on any atom is -0.395 e. The van der Waals surface area contributed by atoms with Gasteiger partial charge in [-0.1, -0.05) is 0 Å². The van der Waals surface area contributed by atoms with E-state index in [4.69, 9.17) is 5.11 Å². The largest absolute Gasteiger partial charge is 0.395 e. The Labute approximate surface area is 115 Å². The van der Waals surface area contributed by atoms with Crippen molar-refractivity contribution < 1.29 is 9.90 Å². The predicted octanol–water partition coefficient (Wildman–Crippen LogP) is 0.665. The molecule has 2 aromatic heterocycles. The number of aromatic nitrogens is 2. The van der Waals surface area contributed by atoms with Crippen molar-refractivity contribution in [1.82, 2.24) is 15.1 Å². The highest BCUT2D eigenvalue weighted by molar-refractivity contribution is 7.07. The molecule has 2 aromatic rings. The van der Waals surface area contributed by atoms with Crippen LogP contribution < -0.4 is 10.6 Å². The van der Waals surface area contributed by atoms with Gasteiger partial charge in [-0.3, -0.25) is 9.48 Å². The summed E-state index contributed by atoms with van der Waals surface area (Å²) in [5.41, 5.74) is 2.10. The average Bonchev–Trinajstić information content (AvgIpc) is 3.05. The molecule has 2 rings (SSSR count). The zero-order valence-electron chi connectivity index (χ0n) is 10.4. The maximum atomic E-state index is 11.4. The van der Waals surface area contributed by atoms with Crippen LogP contribution in [0.5, 0.6) is 0 Å². The number of anilines is 1. The third kappa shape index (κ3) is 4.38. The van der Waals surface area contributed by atoms with Crippen LogP contribution in [0.2, 0.25) is 0 Å².